The molecule has 0 aliphatic heterocycles. The molecular weight excluding hydrogens is 256 g/mol. The summed E-state index contributed by atoms with van der Waals surface area (Å²) in [6.07, 6.45) is 6.04. The Morgan fingerprint density at radius 1 is 1.62 bits per heavy atom. The van der Waals surface area contributed by atoms with Crippen molar-refractivity contribution in [2.24, 2.45) is 5.16 Å². The first-order valence-electron chi connectivity index (χ1n) is 4.03. The van der Waals surface area contributed by atoms with Gasteiger partial charge in [-0.3, -0.25) is 0 Å². The van der Waals surface area contributed by atoms with Crippen molar-refractivity contribution in [1.29, 1.82) is 0 Å². The molecule has 3 nitrogen and oxygen atoms in total. The first-order chi connectivity index (χ1) is 7.57. The zero-order chi connectivity index (χ0) is 12.1. The minimum atomic E-state index is -0.887. The molecule has 0 heterocycles. The fourth-order valence-corrected chi connectivity index (χ4v) is 1.34. The Morgan fingerprint density at radius 3 is 2.94 bits per heavy atom. The quantitative estimate of drug-likeness (QED) is 0.299. The fraction of sp³-hybridized carbons (Fsp3) is 0.100. The number of phenols is 1. The lowest BCUT2D eigenvalue weighted by molar-refractivity contribution is 0.181. The van der Waals surface area contributed by atoms with Gasteiger partial charge in [-0.25, -0.2) is 4.39 Å². The summed E-state index contributed by atoms with van der Waals surface area (Å²) < 4.78 is 13.1. The summed E-state index contributed by atoms with van der Waals surface area (Å²) >= 11 is 11.0. The molecule has 0 fully saturated rings. The summed E-state index contributed by atoms with van der Waals surface area (Å²) in [5, 5.41) is 12.2. The number of rotatable bonds is 3. The second kappa shape index (κ2) is 5.59. The van der Waals surface area contributed by atoms with Crippen molar-refractivity contribution in [2.75, 3.05) is 6.61 Å². The van der Waals surface area contributed by atoms with Gasteiger partial charge >= 0.3 is 0 Å². The van der Waals surface area contributed by atoms with Crippen LogP contribution in [0.5, 0.6) is 5.75 Å². The molecule has 0 radical (unpaired) electrons. The van der Waals surface area contributed by atoms with Crippen LogP contribution in [0.1, 0.15) is 5.56 Å². The molecule has 1 rings (SSSR count). The number of benzene rings is 1. The SMILES string of the molecule is C#CCO/N=C/c1cc(Cl)c(F)c(Cl)c1O. The second-order valence-electron chi connectivity index (χ2n) is 2.64. The Kier molecular flexibility index (Phi) is 4.41. The van der Waals surface area contributed by atoms with Crippen molar-refractivity contribution in [2.45, 2.75) is 0 Å². The molecule has 0 aromatic heterocycles. The average molecular weight is 262 g/mol. The van der Waals surface area contributed by atoms with E-state index in [0.717, 1.165) is 6.21 Å². The van der Waals surface area contributed by atoms with Crippen LogP contribution >= 0.6 is 23.2 Å². The molecule has 1 N–H and O–H groups in total. The van der Waals surface area contributed by atoms with Gasteiger partial charge in [0.1, 0.15) is 10.8 Å². The zero-order valence-corrected chi connectivity index (χ0v) is 9.39. The molecule has 0 atom stereocenters. The summed E-state index contributed by atoms with van der Waals surface area (Å²) in [6, 6.07) is 1.17. The molecule has 16 heavy (non-hydrogen) atoms. The van der Waals surface area contributed by atoms with E-state index < -0.39 is 16.6 Å². The minimum Gasteiger partial charge on any atom is -0.506 e. The summed E-state index contributed by atoms with van der Waals surface area (Å²) in [7, 11) is 0. The molecule has 0 amide bonds. The maximum atomic E-state index is 13.1. The predicted molar refractivity (Wildman–Crippen MR) is 60.5 cm³/mol. The number of hydrogen-bond donors (Lipinski definition) is 1. The smallest absolute Gasteiger partial charge is 0.177 e. The molecule has 84 valence electrons. The number of terminal acetylenes is 1. The van der Waals surface area contributed by atoms with E-state index in [1.807, 2.05) is 0 Å². The van der Waals surface area contributed by atoms with E-state index in [9.17, 15) is 9.50 Å². The van der Waals surface area contributed by atoms with Gasteiger partial charge in [0.2, 0.25) is 0 Å². The maximum absolute atomic E-state index is 13.1. The largest absolute Gasteiger partial charge is 0.506 e. The van der Waals surface area contributed by atoms with Crippen LogP contribution < -0.4 is 0 Å². The monoisotopic (exact) mass is 261 g/mol. The van der Waals surface area contributed by atoms with E-state index in [0.29, 0.717) is 0 Å². The molecule has 1 aromatic rings. The van der Waals surface area contributed by atoms with Gasteiger partial charge < -0.3 is 9.94 Å². The van der Waals surface area contributed by atoms with Gasteiger partial charge in [-0.05, 0) is 6.07 Å². The third-order valence-corrected chi connectivity index (χ3v) is 2.20. The lowest BCUT2D eigenvalue weighted by Crippen LogP contribution is -1.90. The molecular formula is C10H6Cl2FNO2. The molecule has 0 aliphatic rings. The van der Waals surface area contributed by atoms with Crippen molar-refractivity contribution in [3.05, 3.63) is 27.5 Å². The lowest BCUT2D eigenvalue weighted by atomic mass is 10.2. The van der Waals surface area contributed by atoms with E-state index in [2.05, 4.69) is 15.9 Å². The number of oxime groups is 1. The molecule has 0 spiro atoms. The van der Waals surface area contributed by atoms with Crippen LogP contribution in [0, 0.1) is 18.2 Å². The van der Waals surface area contributed by atoms with Crippen LogP contribution in [0.2, 0.25) is 10.0 Å². The van der Waals surface area contributed by atoms with Crippen LogP contribution in [0.4, 0.5) is 4.39 Å². The highest BCUT2D eigenvalue weighted by Crippen LogP contribution is 2.33. The van der Waals surface area contributed by atoms with Gasteiger partial charge in [0.25, 0.3) is 0 Å². The summed E-state index contributed by atoms with van der Waals surface area (Å²) in [5.41, 5.74) is 0.133. The van der Waals surface area contributed by atoms with Crippen LogP contribution in [0.15, 0.2) is 11.2 Å². The number of nitrogens with zero attached hydrogens (tertiary/aromatic N) is 1. The Balaban J connectivity index is 2.98. The number of hydrogen-bond acceptors (Lipinski definition) is 3. The minimum absolute atomic E-state index is 0.0140. The highest BCUT2D eigenvalue weighted by molar-refractivity contribution is 6.36. The summed E-state index contributed by atoms with van der Waals surface area (Å²) in [5.74, 6) is 0.842. The van der Waals surface area contributed by atoms with E-state index in [1.165, 1.54) is 6.07 Å². The van der Waals surface area contributed by atoms with Crippen LogP contribution in [-0.2, 0) is 4.84 Å². The van der Waals surface area contributed by atoms with E-state index in [1.54, 1.807) is 0 Å². The molecule has 0 bridgehead atoms. The highest BCUT2D eigenvalue weighted by atomic mass is 35.5. The Labute approximate surface area is 101 Å². The second-order valence-corrected chi connectivity index (χ2v) is 3.42. The van der Waals surface area contributed by atoms with E-state index in [4.69, 9.17) is 29.6 Å². The molecule has 0 unspecified atom stereocenters. The van der Waals surface area contributed by atoms with Gasteiger partial charge in [0, 0.05) is 5.56 Å². The molecule has 1 aromatic carbocycles. The molecule has 0 saturated heterocycles. The van der Waals surface area contributed by atoms with Gasteiger partial charge in [0.05, 0.1) is 11.2 Å². The first kappa shape index (κ1) is 12.6. The van der Waals surface area contributed by atoms with Crippen molar-refractivity contribution in [3.8, 4) is 18.1 Å². The average Bonchev–Trinajstić information content (AvgIpc) is 2.28. The third kappa shape index (κ3) is 2.78. The van der Waals surface area contributed by atoms with Gasteiger partial charge in [-0.15, -0.1) is 6.42 Å². The standard InChI is InChI=1S/C10H6Cl2FNO2/c1-2-3-16-14-5-6-4-7(11)9(13)8(12)10(6)15/h1,4-5,15H,3H2/b14-5+. The van der Waals surface area contributed by atoms with Crippen LogP contribution in [-0.4, -0.2) is 17.9 Å². The van der Waals surface area contributed by atoms with Crippen LogP contribution in [0.3, 0.4) is 0 Å². The fourth-order valence-electron chi connectivity index (χ4n) is 0.871. The predicted octanol–water partition coefficient (Wildman–Crippen LogP) is 2.82. The van der Waals surface area contributed by atoms with Crippen molar-refractivity contribution in [1.82, 2.24) is 0 Å². The zero-order valence-electron chi connectivity index (χ0n) is 7.88. The molecule has 0 aliphatic carbocycles. The topological polar surface area (TPSA) is 41.8 Å². The lowest BCUT2D eigenvalue weighted by Gasteiger charge is -2.04. The van der Waals surface area contributed by atoms with Gasteiger partial charge in [0.15, 0.2) is 12.4 Å². The first-order valence-corrected chi connectivity index (χ1v) is 4.78. The van der Waals surface area contributed by atoms with E-state index in [-0.39, 0.29) is 17.2 Å². The van der Waals surface area contributed by atoms with Gasteiger partial charge in [-0.2, -0.15) is 0 Å². The Hall–Kier alpha value is -1.44. The number of aromatic hydroxyl groups is 1. The molecule has 0 saturated carbocycles. The van der Waals surface area contributed by atoms with Gasteiger partial charge in [-0.1, -0.05) is 34.3 Å². The van der Waals surface area contributed by atoms with Crippen LogP contribution in [0.25, 0.3) is 0 Å². The summed E-state index contributed by atoms with van der Waals surface area (Å²) in [6.45, 7) is -0.0140. The highest BCUT2D eigenvalue weighted by Gasteiger charge is 2.14. The molecule has 6 heteroatoms. The summed E-state index contributed by atoms with van der Waals surface area (Å²) in [4.78, 5) is 4.59. The maximum Gasteiger partial charge on any atom is 0.177 e. The number of halogens is 3. The van der Waals surface area contributed by atoms with Crippen molar-refractivity contribution >= 4 is 29.4 Å². The third-order valence-electron chi connectivity index (χ3n) is 1.58. The van der Waals surface area contributed by atoms with Crippen molar-refractivity contribution in [3.63, 3.8) is 0 Å². The number of phenolic OH excluding ortho intramolecular Hbond substituents is 1. The Morgan fingerprint density at radius 2 is 2.31 bits per heavy atom. The normalized spacial score (nSPS) is 10.4. The van der Waals surface area contributed by atoms with Crippen molar-refractivity contribution < 1.29 is 14.3 Å². The van der Waals surface area contributed by atoms with E-state index >= 15 is 0 Å². The Bertz CT molecular complexity index is 469.